The molecule has 0 aromatic heterocycles. The van der Waals surface area contributed by atoms with Crippen molar-refractivity contribution >= 4 is 17.8 Å². The zero-order valence-corrected chi connectivity index (χ0v) is 24.9. The second kappa shape index (κ2) is 11.8. The van der Waals surface area contributed by atoms with E-state index in [1.807, 2.05) is 56.3 Å². The molecule has 1 unspecified atom stereocenters. The predicted octanol–water partition coefficient (Wildman–Crippen LogP) is 3.20. The third-order valence-corrected chi connectivity index (χ3v) is 9.37. The van der Waals surface area contributed by atoms with Crippen molar-refractivity contribution in [1.29, 1.82) is 0 Å². The number of nitrogens with one attached hydrogen (secondary N) is 1. The first kappa shape index (κ1) is 31.2. The first-order chi connectivity index (χ1) is 19.3. The first-order valence-corrected chi connectivity index (χ1v) is 14.1. The van der Waals surface area contributed by atoms with Crippen molar-refractivity contribution in [3.05, 3.63) is 48.0 Å². The van der Waals surface area contributed by atoms with Crippen molar-refractivity contribution in [2.75, 3.05) is 21.3 Å². The van der Waals surface area contributed by atoms with Crippen LogP contribution in [-0.4, -0.2) is 79.5 Å². The average Bonchev–Trinajstić information content (AvgIpc) is 3.57. The van der Waals surface area contributed by atoms with E-state index >= 15 is 0 Å². The molecule has 2 heterocycles. The number of methoxy groups -OCH3 is 3. The maximum Gasteiger partial charge on any atom is 0.509 e. The van der Waals surface area contributed by atoms with Crippen LogP contribution in [0.1, 0.15) is 46.1 Å². The quantitative estimate of drug-likeness (QED) is 0.167. The molecule has 3 fully saturated rings. The molecule has 3 aliphatic rings. The first-order valence-electron chi connectivity index (χ1n) is 14.1. The molecule has 1 saturated carbocycles. The van der Waals surface area contributed by atoms with Crippen molar-refractivity contribution in [3.63, 3.8) is 0 Å². The summed E-state index contributed by atoms with van der Waals surface area (Å²) in [4.78, 5) is 39.6. The smallest absolute Gasteiger partial charge is 0.438 e. The third kappa shape index (κ3) is 5.67. The van der Waals surface area contributed by atoms with Gasteiger partial charge in [-0.05, 0) is 38.2 Å². The van der Waals surface area contributed by atoms with Crippen LogP contribution in [0.4, 0.5) is 4.79 Å². The lowest BCUT2D eigenvalue weighted by Crippen LogP contribution is -2.61. The van der Waals surface area contributed by atoms with Gasteiger partial charge < -0.3 is 34.1 Å². The largest absolute Gasteiger partial charge is 0.509 e. The molecule has 10 nitrogen and oxygen atoms in total. The van der Waals surface area contributed by atoms with Crippen molar-refractivity contribution in [2.24, 2.45) is 23.7 Å². The molecule has 0 radical (unpaired) electrons. The molecule has 0 spiro atoms. The van der Waals surface area contributed by atoms with Gasteiger partial charge in [0.1, 0.15) is 5.60 Å². The lowest BCUT2D eigenvalue weighted by molar-refractivity contribution is -0.161. The zero-order chi connectivity index (χ0) is 30.2. The molecule has 2 aliphatic heterocycles. The molecule has 2 N–H and O–H groups in total. The van der Waals surface area contributed by atoms with E-state index in [4.69, 9.17) is 23.7 Å². The fraction of sp³-hybridized carbons (Fsp3) is 0.645. The highest BCUT2D eigenvalue weighted by molar-refractivity contribution is 5.92. The lowest BCUT2D eigenvalue weighted by atomic mass is 9.59. The fourth-order valence-corrected chi connectivity index (χ4v) is 6.94. The number of carbonyl (C=O) groups excluding carboxylic acids is 3. The molecule has 1 aliphatic carbocycles. The normalized spacial score (nSPS) is 34.4. The van der Waals surface area contributed by atoms with Crippen LogP contribution in [0.3, 0.4) is 0 Å². The lowest BCUT2D eigenvalue weighted by Gasteiger charge is -2.45. The van der Waals surface area contributed by atoms with Crippen molar-refractivity contribution in [1.82, 2.24) is 5.32 Å². The van der Waals surface area contributed by atoms with Crippen LogP contribution in [0.2, 0.25) is 0 Å². The van der Waals surface area contributed by atoms with Crippen LogP contribution < -0.4 is 5.32 Å². The second-order valence-corrected chi connectivity index (χ2v) is 12.0. The van der Waals surface area contributed by atoms with Gasteiger partial charge in [-0.1, -0.05) is 56.3 Å². The topological polar surface area (TPSA) is 133 Å². The molecular weight excluding hydrogens is 530 g/mol. The van der Waals surface area contributed by atoms with Crippen molar-refractivity contribution in [2.45, 2.75) is 82.2 Å². The van der Waals surface area contributed by atoms with Gasteiger partial charge in [-0.25, -0.2) is 4.79 Å². The SMILES string of the molecule is COC(=O)O[C@@]12C(=O)N[C@@H](Cc3ccccc3)[C@@H]1[C@H](C)[C@@]1(C)O[C@H]1[C@@H]2/C=C/C[C@H](C)C(=O)C(C)(O)CC(OC)OC. The number of allylic oxidation sites excluding steroid dienone is 1. The Hall–Kier alpha value is -2.79. The van der Waals surface area contributed by atoms with E-state index in [9.17, 15) is 19.5 Å². The average molecular weight is 574 g/mol. The van der Waals surface area contributed by atoms with Gasteiger partial charge in [0, 0.05) is 38.5 Å². The van der Waals surface area contributed by atoms with Crippen LogP contribution in [0.5, 0.6) is 0 Å². The molecule has 1 aromatic carbocycles. The van der Waals surface area contributed by atoms with Gasteiger partial charge in [-0.2, -0.15) is 0 Å². The Labute approximate surface area is 241 Å². The number of hydrogen-bond acceptors (Lipinski definition) is 9. The van der Waals surface area contributed by atoms with Crippen LogP contribution in [0.25, 0.3) is 0 Å². The number of fused-ring (bicyclic) bond motifs is 2. The highest BCUT2D eigenvalue weighted by Gasteiger charge is 2.78. The summed E-state index contributed by atoms with van der Waals surface area (Å²) in [5.41, 5.74) is -2.66. The standard InChI is InChI=1S/C31H43NO9/c1-18(25(33)29(3,36)17-23(37-5)38-6)12-11-15-21-26-30(4,40-26)19(2)24-22(16-20-13-9-8-10-14-20)32-27(34)31(21,24)41-28(35)39-7/h8-11,13-15,18-19,21-24,26,36H,12,16-17H2,1-7H3,(H,32,34)/b15-11+/t18-,19-,21-,22-,24-,26-,29?,30+,31+/m0/s1. The van der Waals surface area contributed by atoms with Gasteiger partial charge >= 0.3 is 6.16 Å². The summed E-state index contributed by atoms with van der Waals surface area (Å²) in [5.74, 6) is -2.40. The summed E-state index contributed by atoms with van der Waals surface area (Å²) >= 11 is 0. The number of Topliss-reactive ketones (excluding diaryl/α,β-unsaturated/α-hetero) is 1. The molecule has 0 bridgehead atoms. The molecule has 226 valence electrons. The maximum atomic E-state index is 13.9. The molecule has 4 rings (SSSR count). The summed E-state index contributed by atoms with van der Waals surface area (Å²) < 4.78 is 27.4. The number of hydrogen-bond donors (Lipinski definition) is 2. The highest BCUT2D eigenvalue weighted by Crippen LogP contribution is 2.63. The van der Waals surface area contributed by atoms with Gasteiger partial charge in [0.25, 0.3) is 5.91 Å². The third-order valence-electron chi connectivity index (χ3n) is 9.37. The summed E-state index contributed by atoms with van der Waals surface area (Å²) in [7, 11) is 4.11. The maximum absolute atomic E-state index is 13.9. The second-order valence-electron chi connectivity index (χ2n) is 12.0. The van der Waals surface area contributed by atoms with E-state index in [0.29, 0.717) is 12.8 Å². The monoisotopic (exact) mass is 573 g/mol. The summed E-state index contributed by atoms with van der Waals surface area (Å²) in [6.45, 7) is 7.25. The van der Waals surface area contributed by atoms with Crippen molar-refractivity contribution in [3.8, 4) is 0 Å². The zero-order valence-electron chi connectivity index (χ0n) is 24.9. The number of aliphatic hydroxyl groups is 1. The Bertz CT molecular complexity index is 1150. The molecule has 10 heteroatoms. The molecule has 9 atom stereocenters. The van der Waals surface area contributed by atoms with E-state index in [-0.39, 0.29) is 36.2 Å². The minimum atomic E-state index is -1.65. The molecule has 1 amide bonds. The van der Waals surface area contributed by atoms with Gasteiger partial charge in [0.05, 0.1) is 24.7 Å². The molecule has 41 heavy (non-hydrogen) atoms. The Morgan fingerprint density at radius 3 is 2.46 bits per heavy atom. The minimum Gasteiger partial charge on any atom is -0.438 e. The Balaban J connectivity index is 1.61. The fourth-order valence-electron chi connectivity index (χ4n) is 6.94. The predicted molar refractivity (Wildman–Crippen MR) is 149 cm³/mol. The number of carbonyl (C=O) groups is 3. The molecular formula is C31H43NO9. The van der Waals surface area contributed by atoms with Gasteiger partial charge in [0.2, 0.25) is 5.60 Å². The van der Waals surface area contributed by atoms with Gasteiger partial charge in [-0.15, -0.1) is 0 Å². The van der Waals surface area contributed by atoms with Gasteiger partial charge in [0.15, 0.2) is 12.1 Å². The van der Waals surface area contributed by atoms with E-state index < -0.39 is 47.0 Å². The summed E-state index contributed by atoms with van der Waals surface area (Å²) in [6, 6.07) is 9.55. The minimum absolute atomic E-state index is 0.0115. The van der Waals surface area contributed by atoms with Crippen LogP contribution in [-0.2, 0) is 39.7 Å². The Morgan fingerprint density at radius 2 is 1.85 bits per heavy atom. The number of amides is 1. The number of epoxide rings is 1. The molecule has 1 aromatic rings. The Kier molecular flexibility index (Phi) is 8.99. The Morgan fingerprint density at radius 1 is 1.20 bits per heavy atom. The van der Waals surface area contributed by atoms with Gasteiger partial charge in [-0.3, -0.25) is 9.59 Å². The summed E-state index contributed by atoms with van der Waals surface area (Å²) in [6.07, 6.45) is 2.46. The number of ether oxygens (including phenoxy) is 5. The number of benzene rings is 1. The van der Waals surface area contributed by atoms with Crippen LogP contribution in [0.15, 0.2) is 42.5 Å². The van der Waals surface area contributed by atoms with E-state index in [2.05, 4.69) is 5.32 Å². The number of ketones is 1. The molecule has 2 saturated heterocycles. The van der Waals surface area contributed by atoms with Crippen molar-refractivity contribution < 1.29 is 43.2 Å². The van der Waals surface area contributed by atoms with E-state index in [1.165, 1.54) is 28.3 Å². The number of rotatable bonds is 12. The van der Waals surface area contributed by atoms with E-state index in [0.717, 1.165) is 5.56 Å². The van der Waals surface area contributed by atoms with Crippen LogP contribution in [0, 0.1) is 23.7 Å². The van der Waals surface area contributed by atoms with E-state index in [1.54, 1.807) is 6.92 Å². The highest BCUT2D eigenvalue weighted by atomic mass is 16.7. The van der Waals surface area contributed by atoms with Crippen LogP contribution >= 0.6 is 0 Å². The summed E-state index contributed by atoms with van der Waals surface area (Å²) in [5, 5.41) is 14.0.